The van der Waals surface area contributed by atoms with Crippen LogP contribution >= 0.6 is 15.9 Å². The second kappa shape index (κ2) is 7.49. The fourth-order valence-electron chi connectivity index (χ4n) is 1.48. The maximum atomic E-state index is 11.0. The summed E-state index contributed by atoms with van der Waals surface area (Å²) in [7, 11) is 0. The number of benzene rings is 1. The molecule has 0 fully saturated rings. The van der Waals surface area contributed by atoms with Crippen LogP contribution in [0.4, 0.5) is 0 Å². The Bertz CT molecular complexity index is 342. The van der Waals surface area contributed by atoms with E-state index in [0.717, 1.165) is 29.7 Å². The number of ketones is 1. The van der Waals surface area contributed by atoms with Crippen LogP contribution in [0, 0.1) is 5.92 Å². The highest BCUT2D eigenvalue weighted by atomic mass is 79.9. The molecule has 0 N–H and O–H groups in total. The van der Waals surface area contributed by atoms with Gasteiger partial charge in [-0.3, -0.25) is 4.79 Å². The first-order chi connectivity index (χ1) is 8.15. The van der Waals surface area contributed by atoms with E-state index >= 15 is 0 Å². The van der Waals surface area contributed by atoms with Gasteiger partial charge >= 0.3 is 0 Å². The Kier molecular flexibility index (Phi) is 6.27. The molecule has 0 amide bonds. The lowest BCUT2D eigenvalue weighted by atomic mass is 10.1. The summed E-state index contributed by atoms with van der Waals surface area (Å²) in [4.78, 5) is 11.0. The Labute approximate surface area is 111 Å². The molecular formula is C14H19BrO2. The highest BCUT2D eigenvalue weighted by Crippen LogP contribution is 2.15. The van der Waals surface area contributed by atoms with Crippen LogP contribution in [0.15, 0.2) is 24.3 Å². The molecule has 1 aromatic carbocycles. The molecule has 0 spiro atoms. The van der Waals surface area contributed by atoms with Gasteiger partial charge in [-0.05, 0) is 31.0 Å². The fourth-order valence-corrected chi connectivity index (χ4v) is 2.12. The van der Waals surface area contributed by atoms with Crippen molar-refractivity contribution in [2.75, 3.05) is 11.9 Å². The molecule has 17 heavy (non-hydrogen) atoms. The van der Waals surface area contributed by atoms with Gasteiger partial charge in [0.05, 0.1) is 6.61 Å². The number of carbonyl (C=O) groups is 1. The van der Waals surface area contributed by atoms with Crippen molar-refractivity contribution in [2.24, 2.45) is 5.92 Å². The van der Waals surface area contributed by atoms with Gasteiger partial charge in [-0.25, -0.2) is 0 Å². The number of Topliss-reactive ketones (excluding diaryl/α,β-unsaturated/α-hetero) is 1. The number of alkyl halides is 1. The molecule has 0 aromatic heterocycles. The maximum absolute atomic E-state index is 11.0. The Hall–Kier alpha value is -0.830. The third-order valence-electron chi connectivity index (χ3n) is 2.66. The van der Waals surface area contributed by atoms with Gasteiger partial charge in [-0.1, -0.05) is 35.0 Å². The topological polar surface area (TPSA) is 26.3 Å². The van der Waals surface area contributed by atoms with E-state index in [1.54, 1.807) is 6.92 Å². The van der Waals surface area contributed by atoms with Crippen molar-refractivity contribution < 1.29 is 9.53 Å². The molecule has 0 bridgehead atoms. The summed E-state index contributed by atoms with van der Waals surface area (Å²) in [5, 5.41) is 0.964. The Balaban J connectivity index is 2.47. The third kappa shape index (κ3) is 5.35. The molecule has 2 nitrogen and oxygen atoms in total. The van der Waals surface area contributed by atoms with E-state index in [1.807, 2.05) is 24.3 Å². The summed E-state index contributed by atoms with van der Waals surface area (Å²) < 4.78 is 5.69. The quantitative estimate of drug-likeness (QED) is 0.719. The zero-order valence-electron chi connectivity index (χ0n) is 10.4. The fraction of sp³-hybridized carbons (Fsp3) is 0.500. The van der Waals surface area contributed by atoms with Crippen LogP contribution in [0.1, 0.15) is 25.8 Å². The van der Waals surface area contributed by atoms with Crippen LogP contribution < -0.4 is 4.74 Å². The molecule has 1 rings (SSSR count). The van der Waals surface area contributed by atoms with Crippen molar-refractivity contribution in [3.8, 4) is 5.75 Å². The summed E-state index contributed by atoms with van der Waals surface area (Å²) in [6.45, 7) is 4.49. The molecule has 0 radical (unpaired) electrons. The van der Waals surface area contributed by atoms with E-state index in [1.165, 1.54) is 0 Å². The van der Waals surface area contributed by atoms with Crippen molar-refractivity contribution in [1.82, 2.24) is 0 Å². The lowest BCUT2D eigenvalue weighted by molar-refractivity contribution is -0.116. The molecule has 3 heteroatoms. The zero-order chi connectivity index (χ0) is 12.7. The monoisotopic (exact) mass is 298 g/mol. The number of hydrogen-bond donors (Lipinski definition) is 0. The van der Waals surface area contributed by atoms with Gasteiger partial charge in [0.2, 0.25) is 0 Å². The normalized spacial score (nSPS) is 12.2. The molecular weight excluding hydrogens is 280 g/mol. The van der Waals surface area contributed by atoms with Crippen LogP contribution in [-0.2, 0) is 11.2 Å². The van der Waals surface area contributed by atoms with E-state index in [0.29, 0.717) is 12.3 Å². The van der Waals surface area contributed by atoms with Gasteiger partial charge in [0.25, 0.3) is 0 Å². The smallest absolute Gasteiger partial charge is 0.134 e. The predicted octanol–water partition coefficient (Wildman–Crippen LogP) is 3.62. The molecule has 0 heterocycles. The van der Waals surface area contributed by atoms with E-state index in [4.69, 9.17) is 4.74 Å². The molecule has 0 aliphatic carbocycles. The molecule has 0 saturated heterocycles. The number of halogens is 1. The minimum absolute atomic E-state index is 0.184. The van der Waals surface area contributed by atoms with Gasteiger partial charge in [0, 0.05) is 17.7 Å². The van der Waals surface area contributed by atoms with Gasteiger partial charge in [0.15, 0.2) is 0 Å². The highest BCUT2D eigenvalue weighted by molar-refractivity contribution is 9.09. The second-order valence-electron chi connectivity index (χ2n) is 4.26. The van der Waals surface area contributed by atoms with Crippen molar-refractivity contribution in [2.45, 2.75) is 26.7 Å². The molecule has 1 aromatic rings. The number of ether oxygens (including phenoxy) is 1. The van der Waals surface area contributed by atoms with Crippen LogP contribution in [0.25, 0.3) is 0 Å². The SMILES string of the molecule is CCC(CBr)COc1ccc(CC(C)=O)cc1. The van der Waals surface area contributed by atoms with Crippen molar-refractivity contribution in [3.63, 3.8) is 0 Å². The number of rotatable bonds is 7. The Morgan fingerprint density at radius 2 is 2.00 bits per heavy atom. The summed E-state index contributed by atoms with van der Waals surface area (Å²) in [5.74, 6) is 1.60. The zero-order valence-corrected chi connectivity index (χ0v) is 12.0. The first-order valence-corrected chi connectivity index (χ1v) is 7.05. The van der Waals surface area contributed by atoms with Crippen molar-refractivity contribution >= 4 is 21.7 Å². The van der Waals surface area contributed by atoms with Crippen LogP contribution in [0.5, 0.6) is 5.75 Å². The Morgan fingerprint density at radius 3 is 2.47 bits per heavy atom. The molecule has 94 valence electrons. The molecule has 1 unspecified atom stereocenters. The van der Waals surface area contributed by atoms with E-state index in [-0.39, 0.29) is 5.78 Å². The Morgan fingerprint density at radius 1 is 1.35 bits per heavy atom. The minimum atomic E-state index is 0.184. The first-order valence-electron chi connectivity index (χ1n) is 5.92. The summed E-state index contributed by atoms with van der Waals surface area (Å²) in [6.07, 6.45) is 1.60. The van der Waals surface area contributed by atoms with Crippen molar-refractivity contribution in [1.29, 1.82) is 0 Å². The molecule has 0 aliphatic rings. The van der Waals surface area contributed by atoms with Crippen molar-refractivity contribution in [3.05, 3.63) is 29.8 Å². The molecule has 0 aliphatic heterocycles. The van der Waals surface area contributed by atoms with Gasteiger partial charge in [-0.2, -0.15) is 0 Å². The standard InChI is InChI=1S/C14H19BrO2/c1-3-12(9-15)10-17-14-6-4-13(5-7-14)8-11(2)16/h4-7,12H,3,8-10H2,1-2H3. The summed E-state index contributed by atoms with van der Waals surface area (Å²) >= 11 is 3.47. The van der Waals surface area contributed by atoms with Crippen LogP contribution in [-0.4, -0.2) is 17.7 Å². The number of hydrogen-bond acceptors (Lipinski definition) is 2. The summed E-state index contributed by atoms with van der Waals surface area (Å²) in [6, 6.07) is 7.76. The average molecular weight is 299 g/mol. The van der Waals surface area contributed by atoms with Gasteiger partial charge in [-0.15, -0.1) is 0 Å². The predicted molar refractivity (Wildman–Crippen MR) is 73.9 cm³/mol. The average Bonchev–Trinajstić information content (AvgIpc) is 2.32. The highest BCUT2D eigenvalue weighted by Gasteiger charge is 2.05. The largest absolute Gasteiger partial charge is 0.493 e. The lowest BCUT2D eigenvalue weighted by Crippen LogP contribution is -2.12. The summed E-state index contributed by atoms with van der Waals surface area (Å²) in [5.41, 5.74) is 1.04. The molecule has 0 saturated carbocycles. The van der Waals surface area contributed by atoms with Gasteiger partial charge in [0.1, 0.15) is 11.5 Å². The third-order valence-corrected chi connectivity index (χ3v) is 3.57. The minimum Gasteiger partial charge on any atom is -0.493 e. The maximum Gasteiger partial charge on any atom is 0.134 e. The van der Waals surface area contributed by atoms with E-state index in [2.05, 4.69) is 22.9 Å². The van der Waals surface area contributed by atoms with Crippen LogP contribution in [0.2, 0.25) is 0 Å². The van der Waals surface area contributed by atoms with E-state index < -0.39 is 0 Å². The van der Waals surface area contributed by atoms with Crippen LogP contribution in [0.3, 0.4) is 0 Å². The van der Waals surface area contributed by atoms with E-state index in [9.17, 15) is 4.79 Å². The first kappa shape index (κ1) is 14.2. The van der Waals surface area contributed by atoms with Gasteiger partial charge < -0.3 is 4.74 Å². The second-order valence-corrected chi connectivity index (χ2v) is 4.91. The number of carbonyl (C=O) groups excluding carboxylic acids is 1. The molecule has 1 atom stereocenters. The lowest BCUT2D eigenvalue weighted by Gasteiger charge is -2.13.